The van der Waals surface area contributed by atoms with Crippen LogP contribution in [-0.2, 0) is 19.4 Å². The van der Waals surface area contributed by atoms with Crippen LogP contribution in [0.3, 0.4) is 0 Å². The number of nitrogens with two attached hydrogens (primary N) is 1. The Morgan fingerprint density at radius 1 is 1.35 bits per heavy atom. The first-order chi connectivity index (χ1) is 8.33. The molecule has 5 heteroatoms. The van der Waals surface area contributed by atoms with E-state index in [1.807, 2.05) is 0 Å². The van der Waals surface area contributed by atoms with Crippen molar-refractivity contribution in [3.05, 3.63) is 11.6 Å². The number of rotatable bonds is 2. The van der Waals surface area contributed by atoms with Gasteiger partial charge in [0.2, 0.25) is 0 Å². The maximum absolute atomic E-state index is 5.96. The summed E-state index contributed by atoms with van der Waals surface area (Å²) >= 11 is 2.09. The molecule has 2 aliphatic heterocycles. The summed E-state index contributed by atoms with van der Waals surface area (Å²) in [6, 6.07) is 0.282. The van der Waals surface area contributed by atoms with E-state index in [4.69, 9.17) is 5.73 Å². The van der Waals surface area contributed by atoms with Gasteiger partial charge in [0.05, 0.1) is 0 Å². The average Bonchev–Trinajstić information content (AvgIpc) is 2.73. The lowest BCUT2D eigenvalue weighted by Crippen LogP contribution is -2.31. The van der Waals surface area contributed by atoms with Gasteiger partial charge in [0, 0.05) is 25.4 Å². The van der Waals surface area contributed by atoms with Crippen LogP contribution in [0.4, 0.5) is 0 Å². The number of fused-ring (bicyclic) bond motifs is 1. The third-order valence-corrected chi connectivity index (χ3v) is 5.08. The lowest BCUT2D eigenvalue weighted by atomic mass is 10.0. The van der Waals surface area contributed by atoms with Gasteiger partial charge in [-0.1, -0.05) is 0 Å². The number of hydrogen-bond acceptors (Lipinski definition) is 4. The second kappa shape index (κ2) is 4.98. The molecule has 2 N–H and O–H groups in total. The van der Waals surface area contributed by atoms with Crippen molar-refractivity contribution >= 4 is 11.8 Å². The molecule has 0 spiro atoms. The van der Waals surface area contributed by atoms with E-state index < -0.39 is 0 Å². The molecule has 0 bridgehead atoms. The van der Waals surface area contributed by atoms with E-state index in [1.54, 1.807) is 0 Å². The monoisotopic (exact) mass is 252 g/mol. The molecular weight excluding hydrogens is 232 g/mol. The predicted molar refractivity (Wildman–Crippen MR) is 70.1 cm³/mol. The molecule has 3 rings (SSSR count). The highest BCUT2D eigenvalue weighted by Gasteiger charge is 2.23. The second-order valence-corrected chi connectivity index (χ2v) is 6.37. The highest BCUT2D eigenvalue weighted by molar-refractivity contribution is 7.99. The highest BCUT2D eigenvalue weighted by Crippen LogP contribution is 2.26. The van der Waals surface area contributed by atoms with Crippen molar-refractivity contribution in [2.45, 2.75) is 44.7 Å². The summed E-state index contributed by atoms with van der Waals surface area (Å²) < 4.78 is 2.31. The summed E-state index contributed by atoms with van der Waals surface area (Å²) in [6.07, 6.45) is 5.79. The number of thioether (sulfide) groups is 1. The van der Waals surface area contributed by atoms with E-state index >= 15 is 0 Å². The second-order valence-electron chi connectivity index (χ2n) is 5.22. The molecule has 0 saturated carbocycles. The van der Waals surface area contributed by atoms with Gasteiger partial charge in [-0.2, -0.15) is 11.8 Å². The Morgan fingerprint density at radius 3 is 3.12 bits per heavy atom. The molecule has 2 unspecified atom stereocenters. The van der Waals surface area contributed by atoms with Crippen LogP contribution in [0.15, 0.2) is 0 Å². The van der Waals surface area contributed by atoms with Crippen molar-refractivity contribution in [3.63, 3.8) is 0 Å². The molecule has 1 aromatic rings. The van der Waals surface area contributed by atoms with Gasteiger partial charge in [-0.05, 0) is 36.7 Å². The number of hydrogen-bond donors (Lipinski definition) is 1. The van der Waals surface area contributed by atoms with Gasteiger partial charge in [-0.3, -0.25) is 0 Å². The van der Waals surface area contributed by atoms with Gasteiger partial charge < -0.3 is 10.3 Å². The molecule has 0 radical (unpaired) electrons. The standard InChI is InChI=1S/C12H20N4S/c13-10-3-4-16-11(14-15-12(16)7-10)6-9-2-1-5-17-8-9/h9-10H,1-8,13H2. The van der Waals surface area contributed by atoms with Crippen molar-refractivity contribution in [2.75, 3.05) is 11.5 Å². The van der Waals surface area contributed by atoms with Crippen molar-refractivity contribution in [3.8, 4) is 0 Å². The summed E-state index contributed by atoms with van der Waals surface area (Å²) in [4.78, 5) is 0. The zero-order valence-electron chi connectivity index (χ0n) is 10.1. The summed E-state index contributed by atoms with van der Waals surface area (Å²) in [6.45, 7) is 1.01. The quantitative estimate of drug-likeness (QED) is 0.860. The van der Waals surface area contributed by atoms with Crippen LogP contribution in [-0.4, -0.2) is 32.3 Å². The van der Waals surface area contributed by atoms with E-state index in [9.17, 15) is 0 Å². The predicted octanol–water partition coefficient (Wildman–Crippen LogP) is 1.24. The first kappa shape index (κ1) is 11.5. The minimum Gasteiger partial charge on any atom is -0.327 e. The average molecular weight is 252 g/mol. The fraction of sp³-hybridized carbons (Fsp3) is 0.833. The zero-order valence-corrected chi connectivity index (χ0v) is 11.0. The largest absolute Gasteiger partial charge is 0.327 e. The maximum Gasteiger partial charge on any atom is 0.134 e. The Morgan fingerprint density at radius 2 is 2.29 bits per heavy atom. The van der Waals surface area contributed by atoms with Gasteiger partial charge >= 0.3 is 0 Å². The summed E-state index contributed by atoms with van der Waals surface area (Å²) in [5.41, 5.74) is 5.96. The Balaban J connectivity index is 1.71. The Labute approximate surface area is 106 Å². The minimum atomic E-state index is 0.282. The topological polar surface area (TPSA) is 56.7 Å². The molecule has 0 amide bonds. The smallest absolute Gasteiger partial charge is 0.134 e. The van der Waals surface area contributed by atoms with E-state index in [0.717, 1.165) is 37.5 Å². The Bertz CT molecular complexity index is 384. The molecule has 17 heavy (non-hydrogen) atoms. The molecule has 2 aliphatic rings. The van der Waals surface area contributed by atoms with Crippen LogP contribution in [0.25, 0.3) is 0 Å². The van der Waals surface area contributed by atoms with Crippen molar-refractivity contribution in [2.24, 2.45) is 11.7 Å². The fourth-order valence-corrected chi connectivity index (χ4v) is 3.95. The maximum atomic E-state index is 5.96. The molecule has 94 valence electrons. The summed E-state index contributed by atoms with van der Waals surface area (Å²) in [5, 5.41) is 8.67. The minimum absolute atomic E-state index is 0.282. The van der Waals surface area contributed by atoms with Gasteiger partial charge in [-0.25, -0.2) is 0 Å². The van der Waals surface area contributed by atoms with Crippen LogP contribution in [0, 0.1) is 5.92 Å². The molecule has 2 atom stereocenters. The van der Waals surface area contributed by atoms with Gasteiger partial charge in [0.25, 0.3) is 0 Å². The Hall–Kier alpha value is -0.550. The zero-order chi connectivity index (χ0) is 11.7. The molecule has 3 heterocycles. The van der Waals surface area contributed by atoms with Crippen LogP contribution in [0.5, 0.6) is 0 Å². The highest BCUT2D eigenvalue weighted by atomic mass is 32.2. The summed E-state index contributed by atoms with van der Waals surface area (Å²) in [7, 11) is 0. The fourth-order valence-electron chi connectivity index (χ4n) is 2.79. The number of nitrogens with zero attached hydrogens (tertiary/aromatic N) is 3. The number of aromatic nitrogens is 3. The van der Waals surface area contributed by atoms with E-state index in [-0.39, 0.29) is 6.04 Å². The van der Waals surface area contributed by atoms with Gasteiger partial charge in [0.1, 0.15) is 11.6 Å². The lowest BCUT2D eigenvalue weighted by Gasteiger charge is -2.23. The van der Waals surface area contributed by atoms with E-state index in [2.05, 4.69) is 26.5 Å². The van der Waals surface area contributed by atoms with Gasteiger partial charge in [0.15, 0.2) is 0 Å². The molecular formula is C12H20N4S. The van der Waals surface area contributed by atoms with Crippen molar-refractivity contribution in [1.82, 2.24) is 14.8 Å². The molecule has 1 aromatic heterocycles. The first-order valence-corrected chi connectivity index (χ1v) is 7.72. The van der Waals surface area contributed by atoms with E-state index in [0.29, 0.717) is 0 Å². The molecule has 4 nitrogen and oxygen atoms in total. The Kier molecular flexibility index (Phi) is 3.38. The SMILES string of the molecule is NC1CCn2c(nnc2CC2CCCSC2)C1. The van der Waals surface area contributed by atoms with Crippen LogP contribution in [0.2, 0.25) is 0 Å². The molecule has 1 fully saturated rings. The summed E-state index contributed by atoms with van der Waals surface area (Å²) in [5.74, 6) is 5.73. The van der Waals surface area contributed by atoms with Crippen molar-refractivity contribution < 1.29 is 0 Å². The first-order valence-electron chi connectivity index (χ1n) is 6.57. The normalized spacial score (nSPS) is 29.0. The molecule has 0 aromatic carbocycles. The van der Waals surface area contributed by atoms with Crippen LogP contribution < -0.4 is 5.73 Å². The van der Waals surface area contributed by atoms with Crippen LogP contribution in [0.1, 0.15) is 30.9 Å². The third kappa shape index (κ3) is 2.50. The molecule has 1 saturated heterocycles. The lowest BCUT2D eigenvalue weighted by molar-refractivity contribution is 0.436. The third-order valence-electron chi connectivity index (χ3n) is 3.80. The van der Waals surface area contributed by atoms with Crippen molar-refractivity contribution in [1.29, 1.82) is 0 Å². The van der Waals surface area contributed by atoms with Crippen LogP contribution >= 0.6 is 11.8 Å². The van der Waals surface area contributed by atoms with E-state index in [1.165, 1.54) is 30.2 Å². The van der Waals surface area contributed by atoms with Gasteiger partial charge in [-0.15, -0.1) is 10.2 Å². The molecule has 0 aliphatic carbocycles.